The van der Waals surface area contributed by atoms with Crippen molar-refractivity contribution in [2.24, 2.45) is 5.73 Å². The number of nitrogen functional groups attached to an aromatic ring is 2. The van der Waals surface area contributed by atoms with Crippen molar-refractivity contribution >= 4 is 5.95 Å². The Hall–Kier alpha value is -1.30. The highest BCUT2D eigenvalue weighted by atomic mass is 15.4. The lowest BCUT2D eigenvalue weighted by molar-refractivity contribution is 0.496. The summed E-state index contributed by atoms with van der Waals surface area (Å²) in [5, 5.41) is 7.39. The Kier molecular flexibility index (Phi) is 1.93. The SMILES string of the molecule is CC(C)(N)Cc1nnc(N)n1N. The minimum Gasteiger partial charge on any atom is -0.366 e. The monoisotopic (exact) mass is 170 g/mol. The van der Waals surface area contributed by atoms with E-state index in [0.717, 1.165) is 0 Å². The van der Waals surface area contributed by atoms with Crippen molar-refractivity contribution in [3.05, 3.63) is 5.82 Å². The Bertz CT molecular complexity index is 270. The van der Waals surface area contributed by atoms with Crippen LogP contribution in [0.25, 0.3) is 0 Å². The lowest BCUT2D eigenvalue weighted by Crippen LogP contribution is -2.36. The third kappa shape index (κ3) is 1.85. The van der Waals surface area contributed by atoms with Crippen LogP contribution in [0.1, 0.15) is 19.7 Å². The molecule has 0 radical (unpaired) electrons. The number of hydrogen-bond donors (Lipinski definition) is 3. The van der Waals surface area contributed by atoms with Gasteiger partial charge in [-0.1, -0.05) is 0 Å². The molecule has 0 spiro atoms. The van der Waals surface area contributed by atoms with E-state index in [1.54, 1.807) is 0 Å². The average molecular weight is 170 g/mol. The Morgan fingerprint density at radius 1 is 1.42 bits per heavy atom. The molecule has 0 aliphatic heterocycles. The van der Waals surface area contributed by atoms with Gasteiger partial charge in [-0.15, -0.1) is 10.2 Å². The van der Waals surface area contributed by atoms with Crippen LogP contribution in [-0.4, -0.2) is 20.4 Å². The molecule has 68 valence electrons. The number of hydrogen-bond acceptors (Lipinski definition) is 5. The topological polar surface area (TPSA) is 109 Å². The molecule has 6 nitrogen and oxygen atoms in total. The maximum Gasteiger partial charge on any atom is 0.240 e. The summed E-state index contributed by atoms with van der Waals surface area (Å²) in [6.07, 6.45) is 0.549. The van der Waals surface area contributed by atoms with Crippen LogP contribution in [0.3, 0.4) is 0 Å². The van der Waals surface area contributed by atoms with Crippen LogP contribution < -0.4 is 17.3 Å². The molecule has 1 rings (SSSR count). The number of rotatable bonds is 2. The second kappa shape index (κ2) is 2.63. The van der Waals surface area contributed by atoms with Crippen molar-refractivity contribution in [1.82, 2.24) is 14.9 Å². The van der Waals surface area contributed by atoms with E-state index in [-0.39, 0.29) is 11.5 Å². The summed E-state index contributed by atoms with van der Waals surface area (Å²) >= 11 is 0. The first-order chi connectivity index (χ1) is 5.40. The zero-order chi connectivity index (χ0) is 9.35. The van der Waals surface area contributed by atoms with E-state index in [1.807, 2.05) is 13.8 Å². The molecule has 0 bridgehead atoms. The minimum atomic E-state index is -0.351. The summed E-state index contributed by atoms with van der Waals surface area (Å²) in [5.41, 5.74) is 10.8. The van der Waals surface area contributed by atoms with E-state index in [4.69, 9.17) is 17.3 Å². The zero-order valence-corrected chi connectivity index (χ0v) is 7.28. The molecule has 1 heterocycles. The smallest absolute Gasteiger partial charge is 0.240 e. The van der Waals surface area contributed by atoms with Gasteiger partial charge in [0.05, 0.1) is 0 Å². The van der Waals surface area contributed by atoms with Gasteiger partial charge in [0, 0.05) is 12.0 Å². The van der Waals surface area contributed by atoms with Gasteiger partial charge in [-0.05, 0) is 13.8 Å². The number of nitrogens with two attached hydrogens (primary N) is 3. The highest BCUT2D eigenvalue weighted by Gasteiger charge is 2.16. The van der Waals surface area contributed by atoms with E-state index in [0.29, 0.717) is 12.2 Å². The van der Waals surface area contributed by atoms with E-state index in [1.165, 1.54) is 4.68 Å². The van der Waals surface area contributed by atoms with Gasteiger partial charge in [0.15, 0.2) is 5.82 Å². The number of aromatic nitrogens is 3. The molecule has 6 N–H and O–H groups in total. The summed E-state index contributed by atoms with van der Waals surface area (Å²) < 4.78 is 1.24. The molecule has 0 aromatic carbocycles. The molecule has 0 atom stereocenters. The van der Waals surface area contributed by atoms with Crippen LogP contribution in [0, 0.1) is 0 Å². The fourth-order valence-corrected chi connectivity index (χ4v) is 0.866. The quantitative estimate of drug-likeness (QED) is 0.486. The van der Waals surface area contributed by atoms with E-state index < -0.39 is 0 Å². The van der Waals surface area contributed by atoms with Gasteiger partial charge in [0.1, 0.15) is 0 Å². The first-order valence-corrected chi connectivity index (χ1v) is 3.64. The molecule has 1 aromatic rings. The predicted octanol–water partition coefficient (Wildman–Crippen LogP) is -1.15. The van der Waals surface area contributed by atoms with Crippen molar-refractivity contribution in [2.75, 3.05) is 11.6 Å². The molecular formula is C6H14N6. The van der Waals surface area contributed by atoms with Crippen molar-refractivity contribution in [1.29, 1.82) is 0 Å². The van der Waals surface area contributed by atoms with E-state index in [2.05, 4.69) is 10.2 Å². The fourth-order valence-electron chi connectivity index (χ4n) is 0.866. The molecule has 0 aliphatic carbocycles. The van der Waals surface area contributed by atoms with Crippen LogP contribution >= 0.6 is 0 Å². The first-order valence-electron chi connectivity index (χ1n) is 3.64. The fraction of sp³-hybridized carbons (Fsp3) is 0.667. The van der Waals surface area contributed by atoms with Crippen LogP contribution in [0.15, 0.2) is 0 Å². The van der Waals surface area contributed by atoms with Crippen molar-refractivity contribution < 1.29 is 0 Å². The van der Waals surface area contributed by atoms with Crippen LogP contribution in [0.5, 0.6) is 0 Å². The normalized spacial score (nSPS) is 11.9. The maximum atomic E-state index is 5.77. The molecule has 0 saturated heterocycles. The molecule has 6 heteroatoms. The zero-order valence-electron chi connectivity index (χ0n) is 7.28. The highest BCUT2D eigenvalue weighted by molar-refractivity contribution is 5.17. The van der Waals surface area contributed by atoms with Crippen molar-refractivity contribution in [2.45, 2.75) is 25.8 Å². The molecule has 0 unspecified atom stereocenters. The summed E-state index contributed by atoms with van der Waals surface area (Å²) in [6.45, 7) is 3.77. The first kappa shape index (κ1) is 8.79. The molecule has 1 aromatic heterocycles. The van der Waals surface area contributed by atoms with Gasteiger partial charge in [-0.3, -0.25) is 0 Å². The number of anilines is 1. The molecule has 0 aliphatic rings. The van der Waals surface area contributed by atoms with Crippen LogP contribution in [0.2, 0.25) is 0 Å². The third-order valence-electron chi connectivity index (χ3n) is 1.41. The predicted molar refractivity (Wildman–Crippen MR) is 46.6 cm³/mol. The summed E-state index contributed by atoms with van der Waals surface area (Å²) in [5.74, 6) is 6.32. The molecular weight excluding hydrogens is 156 g/mol. The molecule has 0 amide bonds. The Labute approximate surface area is 70.7 Å². The summed E-state index contributed by atoms with van der Waals surface area (Å²) in [4.78, 5) is 0. The van der Waals surface area contributed by atoms with Gasteiger partial charge in [0.2, 0.25) is 5.95 Å². The van der Waals surface area contributed by atoms with Gasteiger partial charge in [-0.25, -0.2) is 4.68 Å². The average Bonchev–Trinajstić information content (AvgIpc) is 2.16. The Morgan fingerprint density at radius 3 is 2.33 bits per heavy atom. The lowest BCUT2D eigenvalue weighted by atomic mass is 10.0. The standard InChI is InChI=1S/C6H14N6/c1-6(2,8)3-4-10-11-5(7)12(4)9/h3,8-9H2,1-2H3,(H2,7,11). The molecule has 0 fully saturated rings. The summed E-state index contributed by atoms with van der Waals surface area (Å²) in [7, 11) is 0. The Balaban J connectivity index is 2.83. The minimum absolute atomic E-state index is 0.203. The van der Waals surface area contributed by atoms with Crippen molar-refractivity contribution in [3.63, 3.8) is 0 Å². The second-order valence-corrected chi connectivity index (χ2v) is 3.51. The molecule has 12 heavy (non-hydrogen) atoms. The van der Waals surface area contributed by atoms with Gasteiger partial charge >= 0.3 is 0 Å². The summed E-state index contributed by atoms with van der Waals surface area (Å²) in [6, 6.07) is 0. The molecule has 0 saturated carbocycles. The second-order valence-electron chi connectivity index (χ2n) is 3.51. The van der Waals surface area contributed by atoms with Gasteiger partial charge < -0.3 is 17.3 Å². The Morgan fingerprint density at radius 2 is 2.00 bits per heavy atom. The van der Waals surface area contributed by atoms with E-state index >= 15 is 0 Å². The van der Waals surface area contributed by atoms with Gasteiger partial charge in [0.25, 0.3) is 0 Å². The van der Waals surface area contributed by atoms with E-state index in [9.17, 15) is 0 Å². The van der Waals surface area contributed by atoms with Crippen LogP contribution in [0.4, 0.5) is 5.95 Å². The van der Waals surface area contributed by atoms with Crippen LogP contribution in [-0.2, 0) is 6.42 Å². The number of nitrogens with zero attached hydrogens (tertiary/aromatic N) is 3. The maximum absolute atomic E-state index is 5.77. The third-order valence-corrected chi connectivity index (χ3v) is 1.41. The largest absolute Gasteiger partial charge is 0.366 e. The van der Waals surface area contributed by atoms with Gasteiger partial charge in [-0.2, -0.15) is 0 Å². The van der Waals surface area contributed by atoms with Crippen molar-refractivity contribution in [3.8, 4) is 0 Å². The highest BCUT2D eigenvalue weighted by Crippen LogP contribution is 2.07. The lowest BCUT2D eigenvalue weighted by Gasteiger charge is -2.16.